The molecule has 1 heterocycles. The van der Waals surface area contributed by atoms with Crippen molar-refractivity contribution in [3.63, 3.8) is 0 Å². The second-order valence-electron chi connectivity index (χ2n) is 6.34. The van der Waals surface area contributed by atoms with Gasteiger partial charge < -0.3 is 4.74 Å². The van der Waals surface area contributed by atoms with Crippen LogP contribution in [0.15, 0.2) is 47.8 Å². The molecule has 0 aliphatic carbocycles. The Morgan fingerprint density at radius 3 is 2.77 bits per heavy atom. The van der Waals surface area contributed by atoms with Gasteiger partial charge in [-0.05, 0) is 19.1 Å². The zero-order chi connectivity index (χ0) is 22.5. The van der Waals surface area contributed by atoms with Gasteiger partial charge in [-0.2, -0.15) is 0 Å². The fourth-order valence-electron chi connectivity index (χ4n) is 2.59. The van der Waals surface area contributed by atoms with Crippen LogP contribution >= 0.6 is 22.9 Å². The van der Waals surface area contributed by atoms with Gasteiger partial charge in [0.2, 0.25) is 0 Å². The number of rotatable bonds is 7. The van der Waals surface area contributed by atoms with Crippen molar-refractivity contribution < 1.29 is 23.6 Å². The first-order chi connectivity index (χ1) is 14.7. The summed E-state index contributed by atoms with van der Waals surface area (Å²) in [6.07, 6.45) is -1.58. The van der Waals surface area contributed by atoms with Crippen LogP contribution in [0.25, 0.3) is 11.3 Å². The third kappa shape index (κ3) is 5.62. The molecule has 0 spiro atoms. The first kappa shape index (κ1) is 22.3. The number of amides is 1. The summed E-state index contributed by atoms with van der Waals surface area (Å²) in [4.78, 5) is 39.0. The number of non-ortho nitro benzene ring substituents is 1. The molecule has 8 nitrogen and oxygen atoms in total. The van der Waals surface area contributed by atoms with E-state index in [1.54, 1.807) is 11.4 Å². The first-order valence-electron chi connectivity index (χ1n) is 8.88. The predicted molar refractivity (Wildman–Crippen MR) is 114 cm³/mol. The molecule has 0 aliphatic rings. The molecule has 160 valence electrons. The van der Waals surface area contributed by atoms with Crippen LogP contribution in [-0.4, -0.2) is 27.9 Å². The van der Waals surface area contributed by atoms with Crippen molar-refractivity contribution >= 4 is 45.6 Å². The summed E-state index contributed by atoms with van der Waals surface area (Å²) in [5, 5.41) is 15.4. The summed E-state index contributed by atoms with van der Waals surface area (Å²) < 4.78 is 18.8. The second-order valence-corrected chi connectivity index (χ2v) is 7.61. The molecule has 0 saturated heterocycles. The van der Waals surface area contributed by atoms with E-state index in [0.717, 1.165) is 11.3 Å². The Balaban J connectivity index is 1.61. The quantitative estimate of drug-likeness (QED) is 0.311. The monoisotopic (exact) mass is 463 g/mol. The van der Waals surface area contributed by atoms with Gasteiger partial charge in [0.15, 0.2) is 11.2 Å². The van der Waals surface area contributed by atoms with E-state index in [1.165, 1.54) is 43.3 Å². The van der Waals surface area contributed by atoms with E-state index in [-0.39, 0.29) is 21.4 Å². The van der Waals surface area contributed by atoms with Gasteiger partial charge in [0.25, 0.3) is 11.6 Å². The van der Waals surface area contributed by atoms with Crippen LogP contribution < -0.4 is 5.32 Å². The van der Waals surface area contributed by atoms with Crippen molar-refractivity contribution in [2.24, 2.45) is 0 Å². The Hall–Kier alpha value is -3.37. The Bertz CT molecular complexity index is 1130. The fraction of sp³-hybridized carbons (Fsp3) is 0.150. The predicted octanol–water partition coefficient (Wildman–Crippen LogP) is 4.62. The first-order valence-corrected chi connectivity index (χ1v) is 10.1. The number of benzene rings is 2. The number of nitro benzene ring substituents is 1. The lowest BCUT2D eigenvalue weighted by atomic mass is 10.1. The number of hydrogen-bond acceptors (Lipinski definition) is 7. The molecule has 1 atom stereocenters. The Morgan fingerprint density at radius 1 is 1.32 bits per heavy atom. The number of aromatic nitrogens is 1. The molecule has 31 heavy (non-hydrogen) atoms. The van der Waals surface area contributed by atoms with E-state index in [9.17, 15) is 24.1 Å². The van der Waals surface area contributed by atoms with Crippen molar-refractivity contribution in [1.29, 1.82) is 0 Å². The molecule has 1 N–H and O–H groups in total. The highest BCUT2D eigenvalue weighted by atomic mass is 35.5. The summed E-state index contributed by atoms with van der Waals surface area (Å²) in [7, 11) is 0. The average molecular weight is 464 g/mol. The standard InChI is InChI=1S/C20H15ClFN3O5S/c1-11(30-18(26)9-14-15(21)6-3-7-16(14)22)19(27)24-20-23-17(10-31-20)12-4-2-5-13(8-12)25(28)29/h2-8,10-11H,9H2,1H3,(H,23,24,27). The number of halogens is 2. The molecule has 1 aromatic heterocycles. The molecule has 3 rings (SSSR count). The smallest absolute Gasteiger partial charge is 0.311 e. The molecule has 0 aliphatic heterocycles. The summed E-state index contributed by atoms with van der Waals surface area (Å²) in [6, 6.07) is 9.97. The molecular weight excluding hydrogens is 449 g/mol. The van der Waals surface area contributed by atoms with Gasteiger partial charge in [0.1, 0.15) is 5.82 Å². The molecule has 0 fully saturated rings. The number of nitrogens with one attached hydrogen (secondary N) is 1. The Kier molecular flexibility index (Phi) is 6.93. The Morgan fingerprint density at radius 2 is 2.06 bits per heavy atom. The lowest BCUT2D eigenvalue weighted by Gasteiger charge is -2.13. The molecule has 1 amide bonds. The number of carbonyl (C=O) groups is 2. The van der Waals surface area contributed by atoms with Crippen LogP contribution in [0.2, 0.25) is 5.02 Å². The molecule has 0 bridgehead atoms. The summed E-state index contributed by atoms with van der Waals surface area (Å²) >= 11 is 7.00. The molecular formula is C20H15ClFN3O5S. The van der Waals surface area contributed by atoms with Crippen molar-refractivity contribution in [3.8, 4) is 11.3 Å². The largest absolute Gasteiger partial charge is 0.452 e. The molecule has 11 heteroatoms. The van der Waals surface area contributed by atoms with Gasteiger partial charge in [-0.3, -0.25) is 25.0 Å². The number of anilines is 1. The fourth-order valence-corrected chi connectivity index (χ4v) is 3.54. The van der Waals surface area contributed by atoms with Crippen LogP contribution in [0, 0.1) is 15.9 Å². The van der Waals surface area contributed by atoms with Crippen molar-refractivity contribution in [1.82, 2.24) is 4.98 Å². The summed E-state index contributed by atoms with van der Waals surface area (Å²) in [5.74, 6) is -2.09. The summed E-state index contributed by atoms with van der Waals surface area (Å²) in [6.45, 7) is 1.37. The molecule has 0 saturated carbocycles. The topological polar surface area (TPSA) is 111 Å². The number of hydrogen-bond donors (Lipinski definition) is 1. The highest BCUT2D eigenvalue weighted by molar-refractivity contribution is 7.14. The van der Waals surface area contributed by atoms with Gasteiger partial charge in [0, 0.05) is 33.7 Å². The third-order valence-electron chi connectivity index (χ3n) is 4.15. The van der Waals surface area contributed by atoms with Crippen LogP contribution in [0.3, 0.4) is 0 Å². The normalized spacial score (nSPS) is 11.6. The highest BCUT2D eigenvalue weighted by Crippen LogP contribution is 2.27. The Labute approximate surface area is 184 Å². The maximum Gasteiger partial charge on any atom is 0.311 e. The molecule has 2 aromatic carbocycles. The molecule has 0 radical (unpaired) electrons. The highest BCUT2D eigenvalue weighted by Gasteiger charge is 2.21. The summed E-state index contributed by atoms with van der Waals surface area (Å²) in [5.41, 5.74) is 0.880. The van der Waals surface area contributed by atoms with Crippen molar-refractivity contribution in [2.45, 2.75) is 19.4 Å². The molecule has 3 aromatic rings. The maximum absolute atomic E-state index is 13.8. The van der Waals surface area contributed by atoms with E-state index in [0.29, 0.717) is 11.3 Å². The number of carbonyl (C=O) groups excluding carboxylic acids is 2. The van der Waals surface area contributed by atoms with E-state index in [2.05, 4.69) is 10.3 Å². The minimum absolute atomic E-state index is 0.0108. The second kappa shape index (κ2) is 9.63. The van der Waals surface area contributed by atoms with Gasteiger partial charge in [-0.1, -0.05) is 29.8 Å². The van der Waals surface area contributed by atoms with Gasteiger partial charge in [-0.25, -0.2) is 9.37 Å². The van der Waals surface area contributed by atoms with Gasteiger partial charge >= 0.3 is 5.97 Å². The number of esters is 1. The average Bonchev–Trinajstić information content (AvgIpc) is 3.19. The zero-order valence-electron chi connectivity index (χ0n) is 16.0. The number of nitrogens with zero attached hydrogens (tertiary/aromatic N) is 2. The van der Waals surface area contributed by atoms with E-state index in [4.69, 9.17) is 16.3 Å². The van der Waals surface area contributed by atoms with Crippen LogP contribution in [0.4, 0.5) is 15.2 Å². The van der Waals surface area contributed by atoms with Crippen molar-refractivity contribution in [3.05, 3.63) is 74.4 Å². The van der Waals surface area contributed by atoms with Gasteiger partial charge in [0.05, 0.1) is 17.0 Å². The van der Waals surface area contributed by atoms with Crippen LogP contribution in [0.5, 0.6) is 0 Å². The van der Waals surface area contributed by atoms with Crippen LogP contribution in [0.1, 0.15) is 12.5 Å². The third-order valence-corrected chi connectivity index (χ3v) is 5.26. The lowest BCUT2D eigenvalue weighted by molar-refractivity contribution is -0.384. The molecule has 1 unspecified atom stereocenters. The van der Waals surface area contributed by atoms with E-state index in [1.807, 2.05) is 0 Å². The minimum Gasteiger partial charge on any atom is -0.452 e. The zero-order valence-corrected chi connectivity index (χ0v) is 17.6. The van der Waals surface area contributed by atoms with Crippen molar-refractivity contribution in [2.75, 3.05) is 5.32 Å². The van der Waals surface area contributed by atoms with E-state index >= 15 is 0 Å². The lowest BCUT2D eigenvalue weighted by Crippen LogP contribution is -2.30. The SMILES string of the molecule is CC(OC(=O)Cc1c(F)cccc1Cl)C(=O)Nc1nc(-c2cccc([N+](=O)[O-])c2)cs1. The minimum atomic E-state index is -1.16. The number of ether oxygens (including phenoxy) is 1. The van der Waals surface area contributed by atoms with E-state index < -0.39 is 35.1 Å². The van der Waals surface area contributed by atoms with Gasteiger partial charge in [-0.15, -0.1) is 11.3 Å². The van der Waals surface area contributed by atoms with Crippen LogP contribution in [-0.2, 0) is 20.7 Å². The number of thiazole rings is 1. The maximum atomic E-state index is 13.8. The number of nitro groups is 1.